The quantitative estimate of drug-likeness (QED) is 0.805. The normalized spacial score (nSPS) is 18.2. The van der Waals surface area contributed by atoms with Crippen molar-refractivity contribution in [1.29, 1.82) is 0 Å². The number of para-hydroxylation sites is 1. The van der Waals surface area contributed by atoms with Crippen molar-refractivity contribution < 1.29 is 4.79 Å². The van der Waals surface area contributed by atoms with Gasteiger partial charge in [-0.05, 0) is 31.4 Å². The molecule has 3 heterocycles. The maximum absolute atomic E-state index is 12.8. The van der Waals surface area contributed by atoms with Crippen LogP contribution in [0, 0.1) is 6.92 Å². The number of aromatic nitrogens is 3. The van der Waals surface area contributed by atoms with Crippen LogP contribution >= 0.6 is 0 Å². The molecule has 5 nitrogen and oxygen atoms in total. The molecule has 1 saturated heterocycles. The highest BCUT2D eigenvalue weighted by atomic mass is 16.2. The first kappa shape index (κ1) is 15.0. The van der Waals surface area contributed by atoms with Gasteiger partial charge in [-0.25, -0.2) is 4.98 Å². The Morgan fingerprint density at radius 3 is 3.08 bits per heavy atom. The number of fused-ring (bicyclic) bond motifs is 1. The van der Waals surface area contributed by atoms with Gasteiger partial charge in [0, 0.05) is 42.6 Å². The topological polar surface area (TPSA) is 53.9 Å². The van der Waals surface area contributed by atoms with E-state index in [1.54, 1.807) is 0 Å². The number of rotatable bonds is 3. The van der Waals surface area contributed by atoms with Crippen molar-refractivity contribution in [2.24, 2.45) is 0 Å². The Bertz CT molecular complexity index is 863. The highest BCUT2D eigenvalue weighted by Gasteiger charge is 2.25. The zero-order chi connectivity index (χ0) is 16.5. The van der Waals surface area contributed by atoms with Crippen molar-refractivity contribution in [2.75, 3.05) is 13.1 Å². The SMILES string of the molecule is Cc1nccn1C1CCCN(C(=O)Cc2c[nH]c3ccccc23)C1. The molecule has 1 aromatic carbocycles. The van der Waals surface area contributed by atoms with E-state index in [4.69, 9.17) is 0 Å². The molecule has 4 rings (SSSR count). The summed E-state index contributed by atoms with van der Waals surface area (Å²) in [4.78, 5) is 22.4. The molecule has 0 saturated carbocycles. The maximum Gasteiger partial charge on any atom is 0.227 e. The summed E-state index contributed by atoms with van der Waals surface area (Å²) in [6, 6.07) is 8.48. The number of aryl methyl sites for hydroxylation is 1. The van der Waals surface area contributed by atoms with Gasteiger partial charge in [-0.15, -0.1) is 0 Å². The van der Waals surface area contributed by atoms with Crippen molar-refractivity contribution in [1.82, 2.24) is 19.4 Å². The van der Waals surface area contributed by atoms with Crippen molar-refractivity contribution in [3.05, 3.63) is 54.2 Å². The van der Waals surface area contributed by atoms with Crippen LogP contribution in [-0.2, 0) is 11.2 Å². The standard InChI is InChI=1S/C19H22N4O/c1-14-20-8-10-23(14)16-5-4-9-22(13-16)19(24)11-15-12-21-18-7-3-2-6-17(15)18/h2-3,6-8,10,12,16,21H,4-5,9,11,13H2,1H3. The molecule has 2 aromatic heterocycles. The van der Waals surface area contributed by atoms with Gasteiger partial charge in [-0.3, -0.25) is 4.79 Å². The van der Waals surface area contributed by atoms with E-state index in [1.165, 1.54) is 0 Å². The molecule has 5 heteroatoms. The second-order valence-corrected chi connectivity index (χ2v) is 6.55. The van der Waals surface area contributed by atoms with Crippen molar-refractivity contribution in [2.45, 2.75) is 32.2 Å². The summed E-state index contributed by atoms with van der Waals surface area (Å²) in [5.74, 6) is 1.23. The van der Waals surface area contributed by atoms with E-state index >= 15 is 0 Å². The van der Waals surface area contributed by atoms with Gasteiger partial charge >= 0.3 is 0 Å². The number of likely N-dealkylation sites (tertiary alicyclic amines) is 1. The smallest absolute Gasteiger partial charge is 0.227 e. The number of imidazole rings is 1. The summed E-state index contributed by atoms with van der Waals surface area (Å²) < 4.78 is 2.20. The summed E-state index contributed by atoms with van der Waals surface area (Å²) in [5, 5.41) is 1.14. The lowest BCUT2D eigenvalue weighted by Crippen LogP contribution is -2.41. The van der Waals surface area contributed by atoms with Gasteiger partial charge in [0.05, 0.1) is 12.5 Å². The maximum atomic E-state index is 12.8. The number of nitrogens with one attached hydrogen (secondary N) is 1. The summed E-state index contributed by atoms with van der Waals surface area (Å²) in [5.41, 5.74) is 2.17. The predicted octanol–water partition coefficient (Wildman–Crippen LogP) is 3.08. The van der Waals surface area contributed by atoms with Crippen LogP contribution < -0.4 is 0 Å². The number of piperidine rings is 1. The third kappa shape index (κ3) is 2.70. The van der Waals surface area contributed by atoms with Crippen molar-refractivity contribution in [3.63, 3.8) is 0 Å². The van der Waals surface area contributed by atoms with Gasteiger partial charge in [0.1, 0.15) is 5.82 Å². The third-order valence-corrected chi connectivity index (χ3v) is 5.02. The lowest BCUT2D eigenvalue weighted by molar-refractivity contribution is -0.132. The van der Waals surface area contributed by atoms with E-state index < -0.39 is 0 Å². The molecule has 1 N–H and O–H groups in total. The fourth-order valence-electron chi connectivity index (χ4n) is 3.73. The molecule has 1 unspecified atom stereocenters. The highest BCUT2D eigenvalue weighted by molar-refractivity contribution is 5.88. The number of carbonyl (C=O) groups excluding carboxylic acids is 1. The van der Waals surface area contributed by atoms with E-state index in [9.17, 15) is 4.79 Å². The van der Waals surface area contributed by atoms with E-state index in [0.717, 1.165) is 48.2 Å². The lowest BCUT2D eigenvalue weighted by Gasteiger charge is -2.34. The fourth-order valence-corrected chi connectivity index (χ4v) is 3.73. The molecular weight excluding hydrogens is 300 g/mol. The molecule has 3 aromatic rings. The van der Waals surface area contributed by atoms with Crippen LogP contribution in [0.5, 0.6) is 0 Å². The van der Waals surface area contributed by atoms with Gasteiger partial charge in [-0.2, -0.15) is 0 Å². The van der Waals surface area contributed by atoms with E-state index in [1.807, 2.05) is 48.6 Å². The van der Waals surface area contributed by atoms with Gasteiger partial charge in [0.2, 0.25) is 5.91 Å². The van der Waals surface area contributed by atoms with Crippen LogP contribution in [-0.4, -0.2) is 38.4 Å². The van der Waals surface area contributed by atoms with Crippen LogP contribution in [0.3, 0.4) is 0 Å². The summed E-state index contributed by atoms with van der Waals surface area (Å²) in [6.07, 6.45) is 8.43. The van der Waals surface area contributed by atoms with Gasteiger partial charge in [0.25, 0.3) is 0 Å². The van der Waals surface area contributed by atoms with E-state index in [0.29, 0.717) is 12.5 Å². The third-order valence-electron chi connectivity index (χ3n) is 5.02. The number of aromatic amines is 1. The molecule has 1 atom stereocenters. The Labute approximate surface area is 141 Å². The number of nitrogens with zero attached hydrogens (tertiary/aromatic N) is 3. The first-order chi connectivity index (χ1) is 11.7. The molecular formula is C19H22N4O. The molecule has 0 radical (unpaired) electrons. The summed E-state index contributed by atoms with van der Waals surface area (Å²) in [7, 11) is 0. The zero-order valence-electron chi connectivity index (χ0n) is 13.9. The summed E-state index contributed by atoms with van der Waals surface area (Å²) in [6.45, 7) is 3.65. The molecule has 124 valence electrons. The Kier molecular flexibility index (Phi) is 3.84. The van der Waals surface area contributed by atoms with Crippen LogP contribution in [0.2, 0.25) is 0 Å². The highest BCUT2D eigenvalue weighted by Crippen LogP contribution is 2.24. The first-order valence-electron chi connectivity index (χ1n) is 8.54. The minimum atomic E-state index is 0.210. The molecule has 0 aliphatic carbocycles. The molecule has 0 bridgehead atoms. The summed E-state index contributed by atoms with van der Waals surface area (Å²) >= 11 is 0. The van der Waals surface area contributed by atoms with E-state index in [-0.39, 0.29) is 5.91 Å². The number of benzene rings is 1. The molecule has 1 aliphatic rings. The minimum absolute atomic E-state index is 0.210. The van der Waals surface area contributed by atoms with Crippen molar-refractivity contribution in [3.8, 4) is 0 Å². The number of hydrogen-bond acceptors (Lipinski definition) is 2. The Hall–Kier alpha value is -2.56. The molecule has 1 fully saturated rings. The van der Waals surface area contributed by atoms with Gasteiger partial charge in [-0.1, -0.05) is 18.2 Å². The Balaban J connectivity index is 1.49. The molecule has 24 heavy (non-hydrogen) atoms. The number of H-pyrrole nitrogens is 1. The second-order valence-electron chi connectivity index (χ2n) is 6.55. The molecule has 1 aliphatic heterocycles. The first-order valence-corrected chi connectivity index (χ1v) is 8.54. The molecule has 1 amide bonds. The van der Waals surface area contributed by atoms with Crippen LogP contribution in [0.15, 0.2) is 42.9 Å². The van der Waals surface area contributed by atoms with Crippen molar-refractivity contribution >= 4 is 16.8 Å². The average molecular weight is 322 g/mol. The average Bonchev–Trinajstić information content (AvgIpc) is 3.22. The number of hydrogen-bond donors (Lipinski definition) is 1. The second kappa shape index (κ2) is 6.15. The number of amides is 1. The van der Waals surface area contributed by atoms with Crippen LogP contribution in [0.4, 0.5) is 0 Å². The lowest BCUT2D eigenvalue weighted by atomic mass is 10.0. The zero-order valence-corrected chi connectivity index (χ0v) is 13.9. The minimum Gasteiger partial charge on any atom is -0.361 e. The van der Waals surface area contributed by atoms with Gasteiger partial charge in [0.15, 0.2) is 0 Å². The van der Waals surface area contributed by atoms with Gasteiger partial charge < -0.3 is 14.5 Å². The predicted molar refractivity (Wildman–Crippen MR) is 93.8 cm³/mol. The Morgan fingerprint density at radius 2 is 2.25 bits per heavy atom. The number of carbonyl (C=O) groups is 1. The monoisotopic (exact) mass is 322 g/mol. The van der Waals surface area contributed by atoms with Crippen LogP contribution in [0.1, 0.15) is 30.3 Å². The fraction of sp³-hybridized carbons (Fsp3) is 0.368. The Morgan fingerprint density at radius 1 is 1.38 bits per heavy atom. The largest absolute Gasteiger partial charge is 0.361 e. The van der Waals surface area contributed by atoms with Crippen LogP contribution in [0.25, 0.3) is 10.9 Å². The molecule has 0 spiro atoms. The van der Waals surface area contributed by atoms with E-state index in [2.05, 4.69) is 20.6 Å².